The molecule has 1 aliphatic rings. The molecule has 0 aromatic heterocycles. The van der Waals surface area contributed by atoms with Gasteiger partial charge in [-0.2, -0.15) is 0 Å². The second kappa shape index (κ2) is 4.57. The molecule has 0 aliphatic carbocycles. The number of hydrogen-bond donors (Lipinski definition) is 0. The van der Waals surface area contributed by atoms with E-state index in [-0.39, 0.29) is 11.9 Å². The smallest absolute Gasteiger partial charge is 0.263 e. The molecule has 92 valence electrons. The van der Waals surface area contributed by atoms with Gasteiger partial charge >= 0.3 is 0 Å². The molecule has 2 rings (SSSR count). The predicted octanol–water partition coefficient (Wildman–Crippen LogP) is 2.86. The summed E-state index contributed by atoms with van der Waals surface area (Å²) in [6.07, 6.45) is -0.445. The summed E-state index contributed by atoms with van der Waals surface area (Å²) in [6, 6.07) is 5.62. The van der Waals surface area contributed by atoms with Crippen molar-refractivity contribution in [2.75, 3.05) is 0 Å². The lowest BCUT2D eigenvalue weighted by Gasteiger charge is -2.26. The average molecular weight is 254 g/mol. The van der Waals surface area contributed by atoms with Crippen LogP contribution in [-0.4, -0.2) is 23.0 Å². The fraction of sp³-hybridized carbons (Fsp3) is 0.462. The zero-order valence-corrected chi connectivity index (χ0v) is 11.0. The first-order chi connectivity index (χ1) is 7.99. The van der Waals surface area contributed by atoms with Gasteiger partial charge in [0, 0.05) is 23.2 Å². The summed E-state index contributed by atoms with van der Waals surface area (Å²) in [4.78, 5) is 13.9. The Hall–Kier alpha value is -1.22. The minimum Gasteiger partial charge on any atom is -0.481 e. The molecule has 0 fully saturated rings. The molecule has 1 heterocycles. The van der Waals surface area contributed by atoms with Crippen molar-refractivity contribution >= 4 is 17.5 Å². The summed E-state index contributed by atoms with van der Waals surface area (Å²) in [6.45, 7) is 6.33. The van der Waals surface area contributed by atoms with Crippen LogP contribution in [0.25, 0.3) is 0 Å². The van der Waals surface area contributed by atoms with E-state index in [0.717, 1.165) is 11.3 Å². The number of fused-ring (bicyclic) bond motifs is 1. The molecule has 3 nitrogen and oxygen atoms in total. The van der Waals surface area contributed by atoms with E-state index < -0.39 is 6.10 Å². The van der Waals surface area contributed by atoms with Gasteiger partial charge in [0.05, 0.1) is 0 Å². The van der Waals surface area contributed by atoms with Crippen LogP contribution < -0.4 is 4.74 Å². The van der Waals surface area contributed by atoms with Crippen LogP contribution in [0.1, 0.15) is 26.3 Å². The van der Waals surface area contributed by atoms with Crippen molar-refractivity contribution in [2.24, 2.45) is 0 Å². The zero-order chi connectivity index (χ0) is 12.6. The maximum atomic E-state index is 12.1. The maximum Gasteiger partial charge on any atom is 0.263 e. The Kier molecular flexibility index (Phi) is 3.29. The van der Waals surface area contributed by atoms with E-state index in [9.17, 15) is 4.79 Å². The van der Waals surface area contributed by atoms with Crippen LogP contribution in [0.15, 0.2) is 18.2 Å². The number of hydrogen-bond acceptors (Lipinski definition) is 2. The molecular formula is C13H16ClNO2. The number of amides is 1. The quantitative estimate of drug-likeness (QED) is 0.770. The molecule has 0 saturated heterocycles. The standard InChI is InChI=1S/C13H16ClNO2/c1-8(2)15-7-10-6-11(14)4-5-12(10)17-9(3)13(15)16/h4-6,8-9H,7H2,1-3H3. The molecule has 1 aromatic rings. The van der Waals surface area contributed by atoms with Gasteiger partial charge in [0.15, 0.2) is 6.10 Å². The highest BCUT2D eigenvalue weighted by atomic mass is 35.5. The first-order valence-corrected chi connectivity index (χ1v) is 6.12. The molecule has 1 aliphatic heterocycles. The van der Waals surface area contributed by atoms with Crippen molar-refractivity contribution in [2.45, 2.75) is 39.5 Å². The highest BCUT2D eigenvalue weighted by Crippen LogP contribution is 2.29. The van der Waals surface area contributed by atoms with E-state index in [1.54, 1.807) is 13.0 Å². The molecule has 1 amide bonds. The lowest BCUT2D eigenvalue weighted by atomic mass is 10.1. The van der Waals surface area contributed by atoms with Crippen molar-refractivity contribution in [3.05, 3.63) is 28.8 Å². The Bertz CT molecular complexity index is 445. The van der Waals surface area contributed by atoms with E-state index in [1.165, 1.54) is 0 Å². The van der Waals surface area contributed by atoms with Crippen LogP contribution in [0.4, 0.5) is 0 Å². The van der Waals surface area contributed by atoms with Gasteiger partial charge < -0.3 is 9.64 Å². The number of ether oxygens (including phenoxy) is 1. The third kappa shape index (κ3) is 2.39. The summed E-state index contributed by atoms with van der Waals surface area (Å²) >= 11 is 5.97. The highest BCUT2D eigenvalue weighted by molar-refractivity contribution is 6.30. The van der Waals surface area contributed by atoms with Gasteiger partial charge in [-0.05, 0) is 39.0 Å². The molecule has 0 N–H and O–H groups in total. The first-order valence-electron chi connectivity index (χ1n) is 5.74. The van der Waals surface area contributed by atoms with E-state index in [2.05, 4.69) is 0 Å². The van der Waals surface area contributed by atoms with Gasteiger partial charge in [-0.25, -0.2) is 0 Å². The predicted molar refractivity (Wildman–Crippen MR) is 67.2 cm³/mol. The number of rotatable bonds is 1. The molecule has 0 radical (unpaired) electrons. The van der Waals surface area contributed by atoms with Gasteiger partial charge in [0.2, 0.25) is 0 Å². The van der Waals surface area contributed by atoms with Crippen LogP contribution in [0, 0.1) is 0 Å². The van der Waals surface area contributed by atoms with E-state index in [4.69, 9.17) is 16.3 Å². The van der Waals surface area contributed by atoms with Crippen LogP contribution in [0.5, 0.6) is 5.75 Å². The molecule has 1 atom stereocenters. The van der Waals surface area contributed by atoms with Gasteiger partial charge in [-0.1, -0.05) is 11.6 Å². The fourth-order valence-corrected chi connectivity index (χ4v) is 2.15. The Morgan fingerprint density at radius 3 is 2.82 bits per heavy atom. The second-order valence-electron chi connectivity index (χ2n) is 4.57. The van der Waals surface area contributed by atoms with Crippen molar-refractivity contribution in [3.63, 3.8) is 0 Å². The molecular weight excluding hydrogens is 238 g/mol. The third-order valence-electron chi connectivity index (χ3n) is 2.92. The normalized spacial score (nSPS) is 19.9. The van der Waals surface area contributed by atoms with Gasteiger partial charge in [-0.3, -0.25) is 4.79 Å². The third-order valence-corrected chi connectivity index (χ3v) is 3.16. The van der Waals surface area contributed by atoms with Crippen molar-refractivity contribution in [3.8, 4) is 5.75 Å². The Morgan fingerprint density at radius 1 is 1.47 bits per heavy atom. The first kappa shape index (κ1) is 12.2. The molecule has 0 bridgehead atoms. The van der Waals surface area contributed by atoms with Crippen LogP contribution in [0.2, 0.25) is 5.02 Å². The number of benzene rings is 1. The molecule has 17 heavy (non-hydrogen) atoms. The monoisotopic (exact) mass is 253 g/mol. The fourth-order valence-electron chi connectivity index (χ4n) is 1.96. The number of nitrogens with zero attached hydrogens (tertiary/aromatic N) is 1. The molecule has 1 aromatic carbocycles. The van der Waals surface area contributed by atoms with Crippen molar-refractivity contribution in [1.82, 2.24) is 4.90 Å². The lowest BCUT2D eigenvalue weighted by Crippen LogP contribution is -2.41. The number of halogens is 1. The van der Waals surface area contributed by atoms with Crippen LogP contribution in [0.3, 0.4) is 0 Å². The summed E-state index contributed by atoms with van der Waals surface area (Å²) in [5.74, 6) is 0.769. The Labute approximate surface area is 106 Å². The Balaban J connectivity index is 2.41. The lowest BCUT2D eigenvalue weighted by molar-refractivity contribution is -0.139. The Morgan fingerprint density at radius 2 is 2.18 bits per heavy atom. The largest absolute Gasteiger partial charge is 0.481 e. The van der Waals surface area contributed by atoms with Crippen molar-refractivity contribution < 1.29 is 9.53 Å². The molecule has 4 heteroatoms. The summed E-state index contributed by atoms with van der Waals surface area (Å²) in [7, 11) is 0. The maximum absolute atomic E-state index is 12.1. The summed E-state index contributed by atoms with van der Waals surface area (Å²) in [5, 5.41) is 0.665. The summed E-state index contributed by atoms with van der Waals surface area (Å²) in [5.41, 5.74) is 0.962. The van der Waals surface area contributed by atoms with E-state index >= 15 is 0 Å². The zero-order valence-electron chi connectivity index (χ0n) is 10.2. The van der Waals surface area contributed by atoms with Gasteiger partial charge in [0.25, 0.3) is 5.91 Å². The average Bonchev–Trinajstić information content (AvgIpc) is 2.38. The topological polar surface area (TPSA) is 29.5 Å². The van der Waals surface area contributed by atoms with Crippen molar-refractivity contribution in [1.29, 1.82) is 0 Å². The number of carbonyl (C=O) groups excluding carboxylic acids is 1. The van der Waals surface area contributed by atoms with E-state index in [1.807, 2.05) is 30.9 Å². The SMILES string of the molecule is CC1Oc2ccc(Cl)cc2CN(C(C)C)C1=O. The van der Waals surface area contributed by atoms with E-state index in [0.29, 0.717) is 11.6 Å². The minimum atomic E-state index is -0.445. The number of carbonyl (C=O) groups is 1. The van der Waals surface area contributed by atoms with Crippen LogP contribution >= 0.6 is 11.6 Å². The van der Waals surface area contributed by atoms with Gasteiger partial charge in [0.1, 0.15) is 5.75 Å². The van der Waals surface area contributed by atoms with Gasteiger partial charge in [-0.15, -0.1) is 0 Å². The molecule has 0 spiro atoms. The van der Waals surface area contributed by atoms with Crippen LogP contribution in [-0.2, 0) is 11.3 Å². The molecule has 0 saturated carbocycles. The summed E-state index contributed by atoms with van der Waals surface area (Å²) < 4.78 is 5.65. The second-order valence-corrected chi connectivity index (χ2v) is 5.01. The minimum absolute atomic E-state index is 0.0207. The molecule has 1 unspecified atom stereocenters. The highest BCUT2D eigenvalue weighted by Gasteiger charge is 2.29.